The van der Waals surface area contributed by atoms with Crippen LogP contribution in [0.4, 0.5) is 5.69 Å². The van der Waals surface area contributed by atoms with Gasteiger partial charge in [0.25, 0.3) is 0 Å². The Morgan fingerprint density at radius 3 is 2.53 bits per heavy atom. The van der Waals surface area contributed by atoms with Crippen LogP contribution in [0.25, 0.3) is 0 Å². The smallest absolute Gasteiger partial charge is 0.0762 e. The molecule has 0 aliphatic heterocycles. The lowest BCUT2D eigenvalue weighted by Gasteiger charge is -2.24. The van der Waals surface area contributed by atoms with E-state index in [0.29, 0.717) is 0 Å². The van der Waals surface area contributed by atoms with E-state index in [4.69, 9.17) is 4.74 Å². The van der Waals surface area contributed by atoms with Crippen LogP contribution in [-0.4, -0.2) is 31.9 Å². The number of aliphatic hydroxyl groups excluding tert-OH is 1. The average Bonchev–Trinajstić information content (AvgIpc) is 2.28. The molecule has 0 fully saturated rings. The third kappa shape index (κ3) is 3.98. The van der Waals surface area contributed by atoms with Crippen LogP contribution in [-0.2, 0) is 4.74 Å². The fraction of sp³-hybridized carbons (Fsp3) is 0.538. The van der Waals surface area contributed by atoms with Crippen LogP contribution in [0.5, 0.6) is 0 Å². The number of aliphatic hydroxyl groups is 1. The van der Waals surface area contributed by atoms with Crippen molar-refractivity contribution in [1.29, 1.82) is 0 Å². The van der Waals surface area contributed by atoms with Gasteiger partial charge in [-0.3, -0.25) is 0 Å². The van der Waals surface area contributed by atoms with Gasteiger partial charge in [-0.25, -0.2) is 0 Å². The van der Waals surface area contributed by atoms with Crippen molar-refractivity contribution < 1.29 is 9.84 Å². The minimum atomic E-state index is -0.441. The largest absolute Gasteiger partial charge is 0.389 e. The molecular formula is C13H20BrNO2. The van der Waals surface area contributed by atoms with Gasteiger partial charge in [0, 0.05) is 25.2 Å². The van der Waals surface area contributed by atoms with E-state index in [-0.39, 0.29) is 6.10 Å². The molecule has 1 rings (SSSR count). The van der Waals surface area contributed by atoms with E-state index in [9.17, 15) is 5.11 Å². The van der Waals surface area contributed by atoms with Crippen molar-refractivity contribution in [2.45, 2.75) is 26.1 Å². The monoisotopic (exact) mass is 301 g/mol. The predicted molar refractivity (Wildman–Crippen MR) is 74.5 cm³/mol. The normalized spacial score (nSPS) is 14.5. The molecule has 2 atom stereocenters. The first-order chi connectivity index (χ1) is 7.95. The summed E-state index contributed by atoms with van der Waals surface area (Å²) >= 11 is 3.53. The highest BCUT2D eigenvalue weighted by molar-refractivity contribution is 9.10. The maximum Gasteiger partial charge on any atom is 0.0762 e. The topological polar surface area (TPSA) is 32.7 Å². The van der Waals surface area contributed by atoms with Crippen LogP contribution in [0.3, 0.4) is 0 Å². The summed E-state index contributed by atoms with van der Waals surface area (Å²) in [5, 5.41) is 9.51. The summed E-state index contributed by atoms with van der Waals surface area (Å²) in [6.45, 7) is 4.62. The molecule has 1 aromatic carbocycles. The van der Waals surface area contributed by atoms with Gasteiger partial charge < -0.3 is 14.7 Å². The summed E-state index contributed by atoms with van der Waals surface area (Å²) in [5.41, 5.74) is 2.01. The quantitative estimate of drug-likeness (QED) is 0.907. The number of methoxy groups -OCH3 is 1. The third-order valence-corrected chi connectivity index (χ3v) is 3.43. The Bertz CT molecular complexity index is 368. The van der Waals surface area contributed by atoms with E-state index in [1.807, 2.05) is 32.2 Å². The Kier molecular flexibility index (Phi) is 5.43. The lowest BCUT2D eigenvalue weighted by molar-refractivity contribution is 0.124. The first-order valence-electron chi connectivity index (χ1n) is 5.67. The number of rotatable bonds is 5. The second-order valence-corrected chi connectivity index (χ2v) is 5.17. The Labute approximate surface area is 112 Å². The molecule has 2 unspecified atom stereocenters. The van der Waals surface area contributed by atoms with Crippen LogP contribution in [0.1, 0.15) is 25.5 Å². The fourth-order valence-electron chi connectivity index (χ4n) is 1.65. The summed E-state index contributed by atoms with van der Waals surface area (Å²) in [7, 11) is 3.74. The molecule has 96 valence electrons. The number of hydrogen-bond donors (Lipinski definition) is 1. The van der Waals surface area contributed by atoms with Crippen LogP contribution < -0.4 is 4.90 Å². The molecule has 4 heteroatoms. The Morgan fingerprint density at radius 2 is 2.06 bits per heavy atom. The molecule has 0 aliphatic rings. The van der Waals surface area contributed by atoms with Crippen molar-refractivity contribution in [3.8, 4) is 0 Å². The van der Waals surface area contributed by atoms with Gasteiger partial charge in [0.05, 0.1) is 17.9 Å². The molecule has 0 aromatic heterocycles. The van der Waals surface area contributed by atoms with Crippen molar-refractivity contribution >= 4 is 21.6 Å². The van der Waals surface area contributed by atoms with E-state index in [1.165, 1.54) is 0 Å². The molecule has 1 aromatic rings. The van der Waals surface area contributed by atoms with Crippen LogP contribution >= 0.6 is 15.9 Å². The molecule has 17 heavy (non-hydrogen) atoms. The summed E-state index contributed by atoms with van der Waals surface area (Å²) in [5.74, 6) is 0. The van der Waals surface area contributed by atoms with E-state index >= 15 is 0 Å². The molecule has 0 saturated carbocycles. The summed E-state index contributed by atoms with van der Waals surface area (Å²) in [6, 6.07) is 5.90. The van der Waals surface area contributed by atoms with Gasteiger partial charge in [0.2, 0.25) is 0 Å². The van der Waals surface area contributed by atoms with E-state index in [1.54, 1.807) is 14.0 Å². The van der Waals surface area contributed by atoms with Gasteiger partial charge in [0.15, 0.2) is 0 Å². The third-order valence-electron chi connectivity index (χ3n) is 2.80. The fourth-order valence-corrected chi connectivity index (χ4v) is 2.35. The highest BCUT2D eigenvalue weighted by Gasteiger charge is 2.11. The van der Waals surface area contributed by atoms with Crippen molar-refractivity contribution in [3.63, 3.8) is 0 Å². The van der Waals surface area contributed by atoms with Crippen molar-refractivity contribution in [1.82, 2.24) is 0 Å². The first kappa shape index (κ1) is 14.5. The standard InChI is InChI=1S/C13H20BrNO2/c1-9(17-4)8-15(3)13-6-5-11(10(2)16)7-12(13)14/h5-7,9-10,16H,8H2,1-4H3. The molecule has 0 saturated heterocycles. The SMILES string of the molecule is COC(C)CN(C)c1ccc(C(C)O)cc1Br. The predicted octanol–water partition coefficient (Wildman–Crippen LogP) is 2.97. The van der Waals surface area contributed by atoms with Gasteiger partial charge in [-0.15, -0.1) is 0 Å². The lowest BCUT2D eigenvalue weighted by atomic mass is 10.1. The summed E-state index contributed by atoms with van der Waals surface area (Å²) in [4.78, 5) is 2.13. The van der Waals surface area contributed by atoms with Crippen molar-refractivity contribution in [3.05, 3.63) is 28.2 Å². The minimum absolute atomic E-state index is 0.184. The molecule has 3 nitrogen and oxygen atoms in total. The zero-order valence-corrected chi connectivity index (χ0v) is 12.4. The maximum absolute atomic E-state index is 9.51. The van der Waals surface area contributed by atoms with Gasteiger partial charge in [-0.2, -0.15) is 0 Å². The Hall–Kier alpha value is -0.580. The number of hydrogen-bond acceptors (Lipinski definition) is 3. The maximum atomic E-state index is 9.51. The van der Waals surface area contributed by atoms with Crippen molar-refractivity contribution in [2.24, 2.45) is 0 Å². The van der Waals surface area contributed by atoms with Gasteiger partial charge >= 0.3 is 0 Å². The molecular weight excluding hydrogens is 282 g/mol. The minimum Gasteiger partial charge on any atom is -0.389 e. The second kappa shape index (κ2) is 6.38. The zero-order chi connectivity index (χ0) is 13.0. The number of ether oxygens (including phenoxy) is 1. The van der Waals surface area contributed by atoms with E-state index < -0.39 is 6.10 Å². The van der Waals surface area contributed by atoms with Crippen LogP contribution in [0.15, 0.2) is 22.7 Å². The number of halogens is 1. The van der Waals surface area contributed by atoms with Gasteiger partial charge in [-0.1, -0.05) is 6.07 Å². The van der Waals surface area contributed by atoms with E-state index in [2.05, 4.69) is 20.8 Å². The van der Waals surface area contributed by atoms with Crippen LogP contribution in [0, 0.1) is 0 Å². The van der Waals surface area contributed by atoms with E-state index in [0.717, 1.165) is 22.3 Å². The second-order valence-electron chi connectivity index (χ2n) is 4.31. The molecule has 0 spiro atoms. The number of anilines is 1. The molecule has 0 aliphatic carbocycles. The highest BCUT2D eigenvalue weighted by atomic mass is 79.9. The molecule has 1 N–H and O–H groups in total. The zero-order valence-electron chi connectivity index (χ0n) is 10.8. The molecule has 0 radical (unpaired) electrons. The summed E-state index contributed by atoms with van der Waals surface area (Å²) in [6.07, 6.45) is -0.258. The number of likely N-dealkylation sites (N-methyl/N-ethyl adjacent to an activating group) is 1. The first-order valence-corrected chi connectivity index (χ1v) is 6.46. The van der Waals surface area contributed by atoms with Gasteiger partial charge in [-0.05, 0) is 47.5 Å². The van der Waals surface area contributed by atoms with Crippen LogP contribution in [0.2, 0.25) is 0 Å². The molecule has 0 heterocycles. The Morgan fingerprint density at radius 1 is 1.41 bits per heavy atom. The molecule has 0 bridgehead atoms. The summed E-state index contributed by atoms with van der Waals surface area (Å²) < 4.78 is 6.23. The Balaban J connectivity index is 2.84. The van der Waals surface area contributed by atoms with Crippen molar-refractivity contribution in [2.75, 3.05) is 25.6 Å². The molecule has 0 amide bonds. The lowest BCUT2D eigenvalue weighted by Crippen LogP contribution is -2.28. The highest BCUT2D eigenvalue weighted by Crippen LogP contribution is 2.28. The average molecular weight is 302 g/mol. The van der Waals surface area contributed by atoms with Gasteiger partial charge in [0.1, 0.15) is 0 Å². The number of benzene rings is 1. The number of nitrogens with zero attached hydrogens (tertiary/aromatic N) is 1.